The van der Waals surface area contributed by atoms with Crippen LogP contribution in [0.25, 0.3) is 22.2 Å². The van der Waals surface area contributed by atoms with E-state index < -0.39 is 5.92 Å². The van der Waals surface area contributed by atoms with E-state index >= 15 is 0 Å². The molecule has 0 saturated heterocycles. The Bertz CT molecular complexity index is 960. The smallest absolute Gasteiger partial charge is 0.248 e. The van der Waals surface area contributed by atoms with Gasteiger partial charge in [-0.25, -0.2) is 13.8 Å². The SMILES string of the molecule is Cc1noc(C)c1-c1cnc2[nH]cc(C(=O)C3CCC(F)(F)CC3)c2c1. The van der Waals surface area contributed by atoms with E-state index in [9.17, 15) is 13.6 Å². The van der Waals surface area contributed by atoms with Crippen LogP contribution in [0, 0.1) is 19.8 Å². The number of aromatic amines is 1. The van der Waals surface area contributed by atoms with Crippen molar-refractivity contribution in [2.45, 2.75) is 45.5 Å². The van der Waals surface area contributed by atoms with Gasteiger partial charge in [-0.2, -0.15) is 0 Å². The Balaban J connectivity index is 1.70. The third-order valence-corrected chi connectivity index (χ3v) is 5.21. The minimum atomic E-state index is -2.64. The number of carbonyl (C=O) groups is 1. The van der Waals surface area contributed by atoms with Crippen molar-refractivity contribution in [3.8, 4) is 11.1 Å². The van der Waals surface area contributed by atoms with Gasteiger partial charge in [0.05, 0.1) is 5.69 Å². The number of aromatic nitrogens is 3. The average molecular weight is 359 g/mol. The first-order valence-electron chi connectivity index (χ1n) is 8.68. The Morgan fingerprint density at radius 1 is 1.31 bits per heavy atom. The lowest BCUT2D eigenvalue weighted by atomic mass is 9.82. The zero-order valence-corrected chi connectivity index (χ0v) is 14.6. The molecular formula is C19H19F2N3O2. The molecule has 4 rings (SSSR count). The van der Waals surface area contributed by atoms with Gasteiger partial charge in [0.2, 0.25) is 5.92 Å². The van der Waals surface area contributed by atoms with Crippen molar-refractivity contribution in [2.24, 2.45) is 5.92 Å². The summed E-state index contributed by atoms with van der Waals surface area (Å²) in [4.78, 5) is 20.3. The summed E-state index contributed by atoms with van der Waals surface area (Å²) >= 11 is 0. The topological polar surface area (TPSA) is 71.8 Å². The van der Waals surface area contributed by atoms with Crippen molar-refractivity contribution in [1.82, 2.24) is 15.1 Å². The van der Waals surface area contributed by atoms with Gasteiger partial charge in [0, 0.05) is 53.2 Å². The molecule has 0 bridgehead atoms. The number of pyridine rings is 1. The number of carbonyl (C=O) groups excluding carboxylic acids is 1. The Labute approximate surface area is 148 Å². The summed E-state index contributed by atoms with van der Waals surface area (Å²) in [5.74, 6) is -2.42. The molecule has 5 nitrogen and oxygen atoms in total. The lowest BCUT2D eigenvalue weighted by Crippen LogP contribution is -2.28. The highest BCUT2D eigenvalue weighted by molar-refractivity contribution is 6.08. The molecule has 3 aromatic rings. The highest BCUT2D eigenvalue weighted by Gasteiger charge is 2.38. The van der Waals surface area contributed by atoms with Gasteiger partial charge in [0.25, 0.3) is 0 Å². The average Bonchev–Trinajstić information content (AvgIpc) is 3.17. The number of nitrogens with one attached hydrogen (secondary N) is 1. The number of hydrogen-bond acceptors (Lipinski definition) is 4. The van der Waals surface area contributed by atoms with Crippen LogP contribution in [0.4, 0.5) is 8.78 Å². The van der Waals surface area contributed by atoms with Crippen molar-refractivity contribution in [1.29, 1.82) is 0 Å². The van der Waals surface area contributed by atoms with Gasteiger partial charge in [-0.3, -0.25) is 4.79 Å². The number of H-pyrrole nitrogens is 1. The molecule has 0 radical (unpaired) electrons. The van der Waals surface area contributed by atoms with Crippen molar-refractivity contribution in [3.63, 3.8) is 0 Å². The molecule has 0 unspecified atom stereocenters. The summed E-state index contributed by atoms with van der Waals surface area (Å²) in [5, 5.41) is 4.66. The Hall–Kier alpha value is -2.57. The minimum absolute atomic E-state index is 0.0931. The fourth-order valence-electron chi connectivity index (χ4n) is 3.76. The van der Waals surface area contributed by atoms with Crippen LogP contribution in [-0.4, -0.2) is 26.8 Å². The molecule has 0 spiro atoms. The number of nitrogens with zero attached hydrogens (tertiary/aromatic N) is 2. The molecule has 0 aliphatic heterocycles. The molecule has 26 heavy (non-hydrogen) atoms. The molecule has 1 fully saturated rings. The van der Waals surface area contributed by atoms with Gasteiger partial charge in [0.1, 0.15) is 11.4 Å². The van der Waals surface area contributed by atoms with Crippen LogP contribution in [0.5, 0.6) is 0 Å². The van der Waals surface area contributed by atoms with Crippen LogP contribution in [0.3, 0.4) is 0 Å². The number of rotatable bonds is 3. The van der Waals surface area contributed by atoms with E-state index in [0.717, 1.165) is 16.8 Å². The van der Waals surface area contributed by atoms with Gasteiger partial charge in [0.15, 0.2) is 5.78 Å². The molecule has 3 aromatic heterocycles. The second-order valence-corrected chi connectivity index (χ2v) is 7.02. The molecule has 1 aliphatic rings. The zero-order valence-electron chi connectivity index (χ0n) is 14.6. The number of ketones is 1. The van der Waals surface area contributed by atoms with Gasteiger partial charge >= 0.3 is 0 Å². The van der Waals surface area contributed by atoms with Crippen molar-refractivity contribution >= 4 is 16.8 Å². The van der Waals surface area contributed by atoms with E-state index in [1.54, 1.807) is 12.4 Å². The molecule has 3 heterocycles. The Kier molecular flexibility index (Phi) is 3.89. The van der Waals surface area contributed by atoms with Crippen LogP contribution in [-0.2, 0) is 0 Å². The Morgan fingerprint density at radius 3 is 2.69 bits per heavy atom. The summed E-state index contributed by atoms with van der Waals surface area (Å²) in [6.07, 6.45) is 3.32. The fourth-order valence-corrected chi connectivity index (χ4v) is 3.76. The van der Waals surface area contributed by atoms with Crippen molar-refractivity contribution in [3.05, 3.63) is 35.5 Å². The fraction of sp³-hybridized carbons (Fsp3) is 0.421. The van der Waals surface area contributed by atoms with Crippen LogP contribution in [0.1, 0.15) is 47.5 Å². The number of hydrogen-bond donors (Lipinski definition) is 1. The molecule has 7 heteroatoms. The third-order valence-electron chi connectivity index (χ3n) is 5.21. The molecular weight excluding hydrogens is 340 g/mol. The number of alkyl halides is 2. The molecule has 1 N–H and O–H groups in total. The minimum Gasteiger partial charge on any atom is -0.361 e. The van der Waals surface area contributed by atoms with Crippen LogP contribution < -0.4 is 0 Å². The molecule has 1 aliphatic carbocycles. The standard InChI is InChI=1S/C19H19F2N3O2/c1-10-16(11(2)26-24-10)13-7-14-15(9-23-18(14)22-8-13)17(25)12-3-5-19(20,21)6-4-12/h7-9,12H,3-6H2,1-2H3,(H,22,23). The summed E-state index contributed by atoms with van der Waals surface area (Å²) in [5.41, 5.74) is 3.54. The van der Waals surface area contributed by atoms with E-state index in [0.29, 0.717) is 22.4 Å². The normalized spacial score (nSPS) is 17.7. The lowest BCUT2D eigenvalue weighted by Gasteiger charge is -2.27. The van der Waals surface area contributed by atoms with Gasteiger partial charge in [-0.1, -0.05) is 5.16 Å². The highest BCUT2D eigenvalue weighted by Crippen LogP contribution is 2.38. The number of Topliss-reactive ketones (excluding diaryl/α,β-unsaturated/α-hetero) is 1. The van der Waals surface area contributed by atoms with Gasteiger partial charge in [-0.15, -0.1) is 0 Å². The zero-order chi connectivity index (χ0) is 18.5. The number of fused-ring (bicyclic) bond motifs is 1. The maximum atomic E-state index is 13.4. The van der Waals surface area contributed by atoms with Crippen LogP contribution in [0.2, 0.25) is 0 Å². The van der Waals surface area contributed by atoms with Crippen molar-refractivity contribution in [2.75, 3.05) is 0 Å². The van der Waals surface area contributed by atoms with E-state index in [-0.39, 0.29) is 37.4 Å². The summed E-state index contributed by atoms with van der Waals surface area (Å²) in [7, 11) is 0. The maximum absolute atomic E-state index is 13.4. The predicted octanol–water partition coefficient (Wildman–Crippen LogP) is 4.84. The van der Waals surface area contributed by atoms with Crippen molar-refractivity contribution < 1.29 is 18.1 Å². The molecule has 0 atom stereocenters. The molecule has 0 amide bonds. The van der Waals surface area contributed by atoms with Crippen LogP contribution in [0.15, 0.2) is 23.0 Å². The first-order chi connectivity index (χ1) is 12.4. The molecule has 136 valence electrons. The maximum Gasteiger partial charge on any atom is 0.248 e. The quantitative estimate of drug-likeness (QED) is 0.679. The highest BCUT2D eigenvalue weighted by atomic mass is 19.3. The van der Waals surface area contributed by atoms with E-state index in [2.05, 4.69) is 15.1 Å². The third kappa shape index (κ3) is 2.81. The van der Waals surface area contributed by atoms with E-state index in [1.807, 2.05) is 19.9 Å². The number of aryl methyl sites for hydroxylation is 2. The largest absolute Gasteiger partial charge is 0.361 e. The van der Waals surface area contributed by atoms with Gasteiger partial charge < -0.3 is 9.51 Å². The summed E-state index contributed by atoms with van der Waals surface area (Å²) in [6, 6.07) is 1.88. The van der Waals surface area contributed by atoms with Crippen LogP contribution >= 0.6 is 0 Å². The molecule has 1 saturated carbocycles. The van der Waals surface area contributed by atoms with E-state index in [1.165, 1.54) is 0 Å². The molecule has 0 aromatic carbocycles. The number of halogens is 2. The second-order valence-electron chi connectivity index (χ2n) is 7.02. The summed E-state index contributed by atoms with van der Waals surface area (Å²) < 4.78 is 32.0. The monoisotopic (exact) mass is 359 g/mol. The lowest BCUT2D eigenvalue weighted by molar-refractivity contribution is -0.0424. The van der Waals surface area contributed by atoms with E-state index in [4.69, 9.17) is 4.52 Å². The second kappa shape index (κ2) is 6.00. The Morgan fingerprint density at radius 2 is 2.04 bits per heavy atom. The van der Waals surface area contributed by atoms with Gasteiger partial charge in [-0.05, 0) is 32.8 Å². The first-order valence-corrected chi connectivity index (χ1v) is 8.68. The summed E-state index contributed by atoms with van der Waals surface area (Å²) in [6.45, 7) is 3.67. The first kappa shape index (κ1) is 16.9. The predicted molar refractivity (Wildman–Crippen MR) is 92.3 cm³/mol.